The van der Waals surface area contributed by atoms with Gasteiger partial charge in [-0.05, 0) is 32.3 Å². The van der Waals surface area contributed by atoms with Crippen LogP contribution < -0.4 is 10.5 Å². The van der Waals surface area contributed by atoms with Crippen LogP contribution in [0.2, 0.25) is 0 Å². The van der Waals surface area contributed by atoms with E-state index in [9.17, 15) is 12.8 Å². The summed E-state index contributed by atoms with van der Waals surface area (Å²) in [7, 11) is -0.0451. The van der Waals surface area contributed by atoms with E-state index in [0.29, 0.717) is 6.54 Å². The van der Waals surface area contributed by atoms with E-state index in [2.05, 4.69) is 16.6 Å². The highest BCUT2D eigenvalue weighted by Gasteiger charge is 2.17. The van der Waals surface area contributed by atoms with Crippen LogP contribution in [0, 0.1) is 17.7 Å². The average Bonchev–Trinajstić information content (AvgIpc) is 2.35. The molecule has 0 aliphatic heterocycles. The third-order valence-electron chi connectivity index (χ3n) is 2.41. The Balaban J connectivity index is 3.05. The van der Waals surface area contributed by atoms with Gasteiger partial charge in [0, 0.05) is 18.7 Å². The monoisotopic (exact) mass is 299 g/mol. The number of halogens is 1. The van der Waals surface area contributed by atoms with Crippen molar-refractivity contribution in [3.05, 3.63) is 29.6 Å². The minimum atomic E-state index is -3.72. The van der Waals surface area contributed by atoms with Crippen LogP contribution in [0.4, 0.5) is 4.39 Å². The van der Waals surface area contributed by atoms with Crippen molar-refractivity contribution in [2.24, 2.45) is 5.73 Å². The van der Waals surface area contributed by atoms with Gasteiger partial charge in [0.2, 0.25) is 10.0 Å². The minimum absolute atomic E-state index is 0.0430. The second kappa shape index (κ2) is 7.36. The lowest BCUT2D eigenvalue weighted by Crippen LogP contribution is -2.31. The van der Waals surface area contributed by atoms with E-state index in [4.69, 9.17) is 5.73 Å². The maximum atomic E-state index is 13.2. The highest BCUT2D eigenvalue weighted by molar-refractivity contribution is 7.89. The zero-order valence-corrected chi connectivity index (χ0v) is 12.3. The highest BCUT2D eigenvalue weighted by atomic mass is 32.2. The first-order chi connectivity index (χ1) is 9.36. The van der Waals surface area contributed by atoms with Gasteiger partial charge in [-0.2, -0.15) is 0 Å². The second-order valence-corrected chi connectivity index (χ2v) is 6.08. The number of sulfonamides is 1. The number of likely N-dealkylation sites (N-methyl/N-ethyl adjacent to an activating group) is 1. The molecular weight excluding hydrogens is 281 g/mol. The molecule has 3 N–H and O–H groups in total. The molecule has 1 aromatic rings. The number of nitrogens with one attached hydrogen (secondary N) is 1. The quantitative estimate of drug-likeness (QED) is 0.749. The molecule has 0 fully saturated rings. The van der Waals surface area contributed by atoms with Crippen LogP contribution in [0.15, 0.2) is 23.1 Å². The van der Waals surface area contributed by atoms with Crippen LogP contribution in [0.1, 0.15) is 5.56 Å². The molecule has 20 heavy (non-hydrogen) atoms. The zero-order valence-electron chi connectivity index (χ0n) is 11.5. The average molecular weight is 299 g/mol. The van der Waals surface area contributed by atoms with Crippen molar-refractivity contribution in [2.45, 2.75) is 4.90 Å². The van der Waals surface area contributed by atoms with Crippen molar-refractivity contribution in [3.8, 4) is 11.8 Å². The molecule has 0 heterocycles. The summed E-state index contributed by atoms with van der Waals surface area (Å²) < 4.78 is 40.0. The van der Waals surface area contributed by atoms with E-state index in [-0.39, 0.29) is 23.5 Å². The summed E-state index contributed by atoms with van der Waals surface area (Å²) in [5, 5.41) is 0. The smallest absolute Gasteiger partial charge is 0.241 e. The fraction of sp³-hybridized carbons (Fsp3) is 0.385. The summed E-state index contributed by atoms with van der Waals surface area (Å²) in [6, 6.07) is 3.38. The molecule has 0 saturated heterocycles. The number of nitrogens with zero attached hydrogens (tertiary/aromatic N) is 1. The standard InChI is InChI=1S/C13H18FN3O2S/c1-17(2)9-8-16-20(18,19)13-6-5-12(14)10-11(13)4-3-7-15/h5-6,10,16H,7-9,15H2,1-2H3. The maximum Gasteiger partial charge on any atom is 0.241 e. The number of nitrogens with two attached hydrogens (primary N) is 1. The van der Waals surface area contributed by atoms with Gasteiger partial charge in [-0.1, -0.05) is 11.8 Å². The van der Waals surface area contributed by atoms with Crippen LogP contribution in [-0.2, 0) is 10.0 Å². The van der Waals surface area contributed by atoms with Crippen molar-refractivity contribution >= 4 is 10.0 Å². The van der Waals surface area contributed by atoms with Gasteiger partial charge < -0.3 is 10.6 Å². The molecule has 1 rings (SSSR count). The Hall–Kier alpha value is -1.46. The molecule has 0 amide bonds. The van der Waals surface area contributed by atoms with Gasteiger partial charge in [0.25, 0.3) is 0 Å². The van der Waals surface area contributed by atoms with E-state index < -0.39 is 15.8 Å². The molecule has 0 saturated carbocycles. The predicted octanol–water partition coefficient (Wildman–Crippen LogP) is -0.0242. The Morgan fingerprint density at radius 1 is 1.40 bits per heavy atom. The van der Waals surface area contributed by atoms with E-state index in [1.54, 1.807) is 0 Å². The molecule has 0 atom stereocenters. The SMILES string of the molecule is CN(C)CCNS(=O)(=O)c1ccc(F)cc1C#CCN. The van der Waals surface area contributed by atoms with Crippen molar-refractivity contribution in [1.82, 2.24) is 9.62 Å². The topological polar surface area (TPSA) is 75.4 Å². The summed E-state index contributed by atoms with van der Waals surface area (Å²) in [6.45, 7) is 0.894. The van der Waals surface area contributed by atoms with Gasteiger partial charge in [0.05, 0.1) is 11.4 Å². The third-order valence-corrected chi connectivity index (χ3v) is 3.93. The third kappa shape index (κ3) is 4.90. The summed E-state index contributed by atoms with van der Waals surface area (Å²) >= 11 is 0. The summed E-state index contributed by atoms with van der Waals surface area (Å²) in [4.78, 5) is 1.81. The number of rotatable bonds is 5. The first-order valence-corrected chi connectivity index (χ1v) is 7.48. The Morgan fingerprint density at radius 2 is 2.10 bits per heavy atom. The van der Waals surface area contributed by atoms with Gasteiger partial charge in [-0.25, -0.2) is 17.5 Å². The van der Waals surface area contributed by atoms with E-state index in [0.717, 1.165) is 12.1 Å². The Bertz CT molecular complexity index is 618. The van der Waals surface area contributed by atoms with E-state index in [1.807, 2.05) is 19.0 Å². The fourth-order valence-corrected chi connectivity index (χ4v) is 2.62. The Labute approximate surface area is 119 Å². The molecule has 1 aromatic carbocycles. The Morgan fingerprint density at radius 3 is 2.70 bits per heavy atom. The van der Waals surface area contributed by atoms with Crippen LogP contribution in [-0.4, -0.2) is 47.0 Å². The first-order valence-electron chi connectivity index (χ1n) is 5.99. The van der Waals surface area contributed by atoms with Gasteiger partial charge in [-0.3, -0.25) is 0 Å². The van der Waals surface area contributed by atoms with Crippen molar-refractivity contribution in [2.75, 3.05) is 33.7 Å². The normalized spacial score (nSPS) is 11.2. The first kappa shape index (κ1) is 16.6. The molecule has 0 aromatic heterocycles. The van der Waals surface area contributed by atoms with Crippen molar-refractivity contribution < 1.29 is 12.8 Å². The van der Waals surface area contributed by atoms with Gasteiger partial charge in [0.1, 0.15) is 5.82 Å². The molecule has 7 heteroatoms. The Kier molecular flexibility index (Phi) is 6.10. The predicted molar refractivity (Wildman–Crippen MR) is 76.1 cm³/mol. The summed E-state index contributed by atoms with van der Waals surface area (Å²) in [5.41, 5.74) is 5.35. The molecule has 0 aliphatic rings. The lowest BCUT2D eigenvalue weighted by molar-refractivity contribution is 0.412. The van der Waals surface area contributed by atoms with Gasteiger partial charge >= 0.3 is 0 Å². The zero-order chi connectivity index (χ0) is 15.2. The van der Waals surface area contributed by atoms with Crippen molar-refractivity contribution in [3.63, 3.8) is 0 Å². The fourth-order valence-electron chi connectivity index (χ4n) is 1.46. The summed E-state index contributed by atoms with van der Waals surface area (Å²) in [5.74, 6) is 4.56. The van der Waals surface area contributed by atoms with E-state index in [1.165, 1.54) is 6.07 Å². The highest BCUT2D eigenvalue weighted by Crippen LogP contribution is 2.16. The molecule has 110 valence electrons. The molecular formula is C13H18FN3O2S. The lowest BCUT2D eigenvalue weighted by Gasteiger charge is -2.12. The van der Waals surface area contributed by atoms with Crippen molar-refractivity contribution in [1.29, 1.82) is 0 Å². The van der Waals surface area contributed by atoms with E-state index >= 15 is 0 Å². The second-order valence-electron chi connectivity index (χ2n) is 4.35. The van der Waals surface area contributed by atoms with Crippen LogP contribution in [0.25, 0.3) is 0 Å². The molecule has 5 nitrogen and oxygen atoms in total. The maximum absolute atomic E-state index is 13.2. The minimum Gasteiger partial charge on any atom is -0.320 e. The van der Waals surface area contributed by atoms with Crippen LogP contribution >= 0.6 is 0 Å². The molecule has 0 bridgehead atoms. The summed E-state index contributed by atoms with van der Waals surface area (Å²) in [6.07, 6.45) is 0. The number of benzene rings is 1. The molecule has 0 unspecified atom stereocenters. The number of hydrogen-bond donors (Lipinski definition) is 2. The van der Waals surface area contributed by atoms with Gasteiger partial charge in [0.15, 0.2) is 0 Å². The lowest BCUT2D eigenvalue weighted by atomic mass is 10.2. The largest absolute Gasteiger partial charge is 0.320 e. The van der Waals surface area contributed by atoms with Gasteiger partial charge in [-0.15, -0.1) is 0 Å². The molecule has 0 aliphatic carbocycles. The molecule has 0 spiro atoms. The molecule has 0 radical (unpaired) electrons. The van der Waals surface area contributed by atoms with Crippen LogP contribution in [0.5, 0.6) is 0 Å². The van der Waals surface area contributed by atoms with Crippen LogP contribution in [0.3, 0.4) is 0 Å². The number of hydrogen-bond acceptors (Lipinski definition) is 4.